The first-order chi connectivity index (χ1) is 13.2. The fourth-order valence-corrected chi connectivity index (χ4v) is 3.85. The molecule has 3 heterocycles. The van der Waals surface area contributed by atoms with Crippen molar-refractivity contribution in [2.75, 3.05) is 38.1 Å². The predicted molar refractivity (Wildman–Crippen MR) is 103 cm³/mol. The maximum atomic E-state index is 12.6. The highest BCUT2D eigenvalue weighted by molar-refractivity contribution is 5.41. The average molecular weight is 370 g/mol. The van der Waals surface area contributed by atoms with E-state index in [1.807, 2.05) is 24.3 Å². The Bertz CT molecular complexity index is 843. The summed E-state index contributed by atoms with van der Waals surface area (Å²) in [6.45, 7) is 4.08. The lowest BCUT2D eigenvalue weighted by Crippen LogP contribution is -2.37. The number of aromatic amines is 1. The first-order valence-electron chi connectivity index (χ1n) is 9.63. The molecule has 0 atom stereocenters. The van der Waals surface area contributed by atoms with Crippen molar-refractivity contribution in [2.45, 2.75) is 25.9 Å². The van der Waals surface area contributed by atoms with Gasteiger partial charge in [-0.3, -0.25) is 9.78 Å². The third-order valence-electron chi connectivity index (χ3n) is 5.49. The van der Waals surface area contributed by atoms with E-state index in [2.05, 4.69) is 20.2 Å². The highest BCUT2D eigenvalue weighted by Gasteiger charge is 2.21. The second-order valence-electron chi connectivity index (χ2n) is 7.30. The third kappa shape index (κ3) is 4.14. The molecule has 0 bridgehead atoms. The van der Waals surface area contributed by atoms with Gasteiger partial charge in [-0.1, -0.05) is 18.2 Å². The molecule has 7 heteroatoms. The number of hydrogen-bond acceptors (Lipinski definition) is 6. The molecule has 144 valence electrons. The number of aliphatic hydroxyl groups excluding tert-OH is 1. The van der Waals surface area contributed by atoms with E-state index < -0.39 is 0 Å². The lowest BCUT2D eigenvalue weighted by atomic mass is 9.97. The van der Waals surface area contributed by atoms with E-state index in [1.165, 1.54) is 0 Å². The molecular formula is C20H26N4O3. The number of H-pyrrole nitrogens is 1. The number of likely N-dealkylation sites (tertiary alicyclic amines) is 1. The Labute approximate surface area is 158 Å². The molecule has 0 radical (unpaired) electrons. The molecule has 0 amide bonds. The second kappa shape index (κ2) is 8.10. The number of ether oxygens (including phenoxy) is 1. The number of hydrogen-bond donors (Lipinski definition) is 3. The van der Waals surface area contributed by atoms with E-state index in [1.54, 1.807) is 0 Å². The van der Waals surface area contributed by atoms with Crippen LogP contribution in [0.5, 0.6) is 5.75 Å². The largest absolute Gasteiger partial charge is 0.487 e. The van der Waals surface area contributed by atoms with E-state index in [-0.39, 0.29) is 12.2 Å². The summed E-state index contributed by atoms with van der Waals surface area (Å²) in [5, 5.41) is 12.3. The van der Waals surface area contributed by atoms with Crippen LogP contribution in [0.3, 0.4) is 0 Å². The molecule has 0 aliphatic carbocycles. The van der Waals surface area contributed by atoms with Gasteiger partial charge in [0.15, 0.2) is 0 Å². The monoisotopic (exact) mass is 370 g/mol. The van der Waals surface area contributed by atoms with Gasteiger partial charge in [-0.15, -0.1) is 0 Å². The number of rotatable bonds is 5. The fraction of sp³-hybridized carbons (Fsp3) is 0.500. The number of β-amino-alcohol motifs (C(OH)–C–C–N with tert-alkyl or cyclic N) is 1. The Kier molecular flexibility index (Phi) is 5.40. The topological polar surface area (TPSA) is 90.5 Å². The molecule has 2 aliphatic heterocycles. The predicted octanol–water partition coefficient (Wildman–Crippen LogP) is 1.37. The zero-order valence-electron chi connectivity index (χ0n) is 15.4. The molecule has 27 heavy (non-hydrogen) atoms. The zero-order chi connectivity index (χ0) is 18.6. The van der Waals surface area contributed by atoms with E-state index in [4.69, 9.17) is 9.84 Å². The van der Waals surface area contributed by atoms with Crippen LogP contribution in [0.25, 0.3) is 0 Å². The number of para-hydroxylation sites is 1. The Morgan fingerprint density at radius 3 is 2.93 bits per heavy atom. The molecule has 3 N–H and O–H groups in total. The van der Waals surface area contributed by atoms with Crippen LogP contribution in [0.1, 0.15) is 29.7 Å². The maximum absolute atomic E-state index is 12.6. The molecule has 0 saturated carbocycles. The lowest BCUT2D eigenvalue weighted by Gasteiger charge is -2.31. The molecule has 1 aromatic heterocycles. The van der Waals surface area contributed by atoms with Gasteiger partial charge in [0.05, 0.1) is 12.3 Å². The van der Waals surface area contributed by atoms with Crippen LogP contribution in [0, 0.1) is 5.92 Å². The van der Waals surface area contributed by atoms with Crippen LogP contribution in [0.15, 0.2) is 29.1 Å². The van der Waals surface area contributed by atoms with Gasteiger partial charge < -0.3 is 20.1 Å². The minimum absolute atomic E-state index is 0.0967. The fourth-order valence-electron chi connectivity index (χ4n) is 3.85. The molecule has 0 spiro atoms. The molecular weight excluding hydrogens is 344 g/mol. The van der Waals surface area contributed by atoms with Gasteiger partial charge in [0.25, 0.3) is 5.56 Å². The molecule has 1 aromatic carbocycles. The summed E-state index contributed by atoms with van der Waals surface area (Å²) in [6.07, 6.45) is 2.71. The summed E-state index contributed by atoms with van der Waals surface area (Å²) >= 11 is 0. The quantitative estimate of drug-likeness (QED) is 0.737. The number of aromatic nitrogens is 2. The van der Waals surface area contributed by atoms with Gasteiger partial charge in [0, 0.05) is 25.1 Å². The van der Waals surface area contributed by atoms with Crippen molar-refractivity contribution < 1.29 is 9.84 Å². The van der Waals surface area contributed by atoms with Crippen LogP contribution in [0.4, 0.5) is 5.95 Å². The average Bonchev–Trinajstić information content (AvgIpc) is 2.88. The van der Waals surface area contributed by atoms with E-state index >= 15 is 0 Å². The van der Waals surface area contributed by atoms with Crippen molar-refractivity contribution in [3.63, 3.8) is 0 Å². The summed E-state index contributed by atoms with van der Waals surface area (Å²) in [4.78, 5) is 22.4. The van der Waals surface area contributed by atoms with Crippen LogP contribution in [0.2, 0.25) is 0 Å². The van der Waals surface area contributed by atoms with E-state index in [9.17, 15) is 4.79 Å². The van der Waals surface area contributed by atoms with Gasteiger partial charge in [-0.2, -0.15) is 0 Å². The van der Waals surface area contributed by atoms with Gasteiger partial charge in [0.1, 0.15) is 12.4 Å². The number of benzene rings is 1. The standard InChI is InChI=1S/C20H26N4O3/c25-10-9-24-7-5-14(6-8-24)12-21-20-22-17-13-27-18-4-2-1-3-15(18)11-16(17)19(26)23-20/h1-4,14,25H,5-13H2,(H2,21,22,23,26). The first kappa shape index (κ1) is 18.0. The second-order valence-corrected chi connectivity index (χ2v) is 7.30. The minimum atomic E-state index is -0.0967. The van der Waals surface area contributed by atoms with Gasteiger partial charge >= 0.3 is 0 Å². The molecule has 2 aromatic rings. The number of anilines is 1. The lowest BCUT2D eigenvalue weighted by molar-refractivity contribution is 0.151. The number of piperidine rings is 1. The van der Waals surface area contributed by atoms with Crippen molar-refractivity contribution in [1.29, 1.82) is 0 Å². The number of fused-ring (bicyclic) bond motifs is 2. The van der Waals surface area contributed by atoms with Crippen molar-refractivity contribution in [3.8, 4) is 5.75 Å². The first-order valence-corrected chi connectivity index (χ1v) is 9.63. The number of nitrogens with zero attached hydrogens (tertiary/aromatic N) is 2. The van der Waals surface area contributed by atoms with Gasteiger partial charge in [0.2, 0.25) is 5.95 Å². The number of nitrogens with one attached hydrogen (secondary N) is 2. The maximum Gasteiger partial charge on any atom is 0.256 e. The Morgan fingerprint density at radius 1 is 1.30 bits per heavy atom. The molecule has 2 aliphatic rings. The summed E-state index contributed by atoms with van der Waals surface area (Å²) in [7, 11) is 0. The van der Waals surface area contributed by atoms with Crippen molar-refractivity contribution in [3.05, 3.63) is 51.4 Å². The number of aliphatic hydroxyl groups is 1. The molecule has 0 unspecified atom stereocenters. The SMILES string of the molecule is O=c1[nH]c(NCC2CCN(CCO)CC2)nc2c1Cc1ccccc1OC2. The van der Waals surface area contributed by atoms with Crippen molar-refractivity contribution >= 4 is 5.95 Å². The normalized spacial score (nSPS) is 17.5. The molecule has 1 fully saturated rings. The Balaban J connectivity index is 1.41. The zero-order valence-corrected chi connectivity index (χ0v) is 15.4. The molecule has 7 nitrogen and oxygen atoms in total. The van der Waals surface area contributed by atoms with Crippen molar-refractivity contribution in [1.82, 2.24) is 14.9 Å². The molecule has 4 rings (SSSR count). The minimum Gasteiger partial charge on any atom is -0.487 e. The van der Waals surface area contributed by atoms with Gasteiger partial charge in [-0.05, 0) is 43.5 Å². The van der Waals surface area contributed by atoms with Crippen LogP contribution in [-0.2, 0) is 13.0 Å². The summed E-state index contributed by atoms with van der Waals surface area (Å²) in [5.74, 6) is 1.88. The van der Waals surface area contributed by atoms with Crippen molar-refractivity contribution in [2.24, 2.45) is 5.92 Å². The Hall–Kier alpha value is -2.38. The van der Waals surface area contributed by atoms with Crippen LogP contribution in [-0.4, -0.2) is 52.8 Å². The molecule has 1 saturated heterocycles. The summed E-state index contributed by atoms with van der Waals surface area (Å²) < 4.78 is 5.85. The van der Waals surface area contributed by atoms with Gasteiger partial charge in [-0.25, -0.2) is 4.98 Å². The summed E-state index contributed by atoms with van der Waals surface area (Å²) in [6, 6.07) is 7.80. The smallest absolute Gasteiger partial charge is 0.256 e. The Morgan fingerprint density at radius 2 is 2.11 bits per heavy atom. The third-order valence-corrected chi connectivity index (χ3v) is 5.49. The summed E-state index contributed by atoms with van der Waals surface area (Å²) in [5.41, 5.74) is 2.30. The highest BCUT2D eigenvalue weighted by Crippen LogP contribution is 2.26. The highest BCUT2D eigenvalue weighted by atomic mass is 16.5. The van der Waals surface area contributed by atoms with Crippen LogP contribution < -0.4 is 15.6 Å². The van der Waals surface area contributed by atoms with Crippen LogP contribution >= 0.6 is 0 Å². The van der Waals surface area contributed by atoms with E-state index in [0.29, 0.717) is 36.2 Å². The van der Waals surface area contributed by atoms with E-state index in [0.717, 1.165) is 50.3 Å².